The molecule has 2 spiro atoms. The first-order valence-electron chi connectivity index (χ1n) is 20.9. The van der Waals surface area contributed by atoms with Crippen LogP contribution in [0.5, 0.6) is 0 Å². The molecule has 8 fully saturated rings. The zero-order valence-electron chi connectivity index (χ0n) is 33.6. The van der Waals surface area contributed by atoms with Crippen LogP contribution in [0.3, 0.4) is 0 Å². The summed E-state index contributed by atoms with van der Waals surface area (Å²) in [5, 5.41) is 97.9. The summed E-state index contributed by atoms with van der Waals surface area (Å²) < 4.78 is 30.9. The molecular weight excluding hydrogens is 716 g/mol. The Kier molecular flexibility index (Phi) is 9.90. The molecule has 0 aromatic heterocycles. The molecule has 3 aliphatic heterocycles. The first kappa shape index (κ1) is 41.2. The molecule has 5 saturated carbocycles. The Morgan fingerprint density at radius 1 is 0.709 bits per heavy atom. The lowest BCUT2D eigenvalue weighted by atomic mass is 9.41. The minimum Gasteiger partial charge on any atom is -0.394 e. The van der Waals surface area contributed by atoms with Gasteiger partial charge < -0.3 is 69.6 Å². The van der Waals surface area contributed by atoms with Gasteiger partial charge in [-0.1, -0.05) is 27.7 Å². The molecule has 14 nitrogen and oxygen atoms in total. The maximum Gasteiger partial charge on any atom is 0.187 e. The van der Waals surface area contributed by atoms with E-state index in [2.05, 4.69) is 34.6 Å². The van der Waals surface area contributed by atoms with Gasteiger partial charge in [0.15, 0.2) is 12.6 Å². The number of aliphatic hydroxyl groups is 9. The van der Waals surface area contributed by atoms with Crippen molar-refractivity contribution in [2.24, 2.45) is 44.8 Å². The van der Waals surface area contributed by atoms with Gasteiger partial charge in [-0.2, -0.15) is 0 Å². The first-order chi connectivity index (χ1) is 25.5. The molecule has 0 aromatic rings. The van der Waals surface area contributed by atoms with E-state index in [0.717, 1.165) is 38.5 Å². The van der Waals surface area contributed by atoms with Crippen molar-refractivity contribution >= 4 is 0 Å². The Morgan fingerprint density at radius 2 is 1.42 bits per heavy atom. The molecule has 3 heterocycles. The molecule has 5 aliphatic carbocycles. The van der Waals surface area contributed by atoms with Crippen molar-refractivity contribution in [2.45, 2.75) is 197 Å². The Bertz CT molecular complexity index is 1460. The summed E-state index contributed by atoms with van der Waals surface area (Å²) in [6, 6.07) is 0. The van der Waals surface area contributed by atoms with Crippen molar-refractivity contribution in [3.63, 3.8) is 0 Å². The molecule has 0 unspecified atom stereocenters. The van der Waals surface area contributed by atoms with Crippen LogP contribution in [0, 0.1) is 44.8 Å². The van der Waals surface area contributed by atoms with E-state index in [-0.39, 0.29) is 52.1 Å². The van der Waals surface area contributed by atoms with Gasteiger partial charge in [-0.15, -0.1) is 0 Å². The molecule has 0 aromatic carbocycles. The molecule has 3 saturated heterocycles. The maximum atomic E-state index is 12.4. The second-order valence-corrected chi connectivity index (χ2v) is 21.1. The summed E-state index contributed by atoms with van der Waals surface area (Å²) in [7, 11) is 0. The molecule has 0 amide bonds. The highest BCUT2D eigenvalue weighted by atomic mass is 16.8. The number of ether oxygens (including phenoxy) is 5. The molecule has 9 N–H and O–H groups in total. The normalized spacial score (nSPS) is 58.7. The van der Waals surface area contributed by atoms with Crippen LogP contribution in [-0.4, -0.2) is 150 Å². The lowest BCUT2D eigenvalue weighted by Gasteiger charge is -2.64. The molecule has 8 rings (SSSR count). The number of aliphatic hydroxyl groups excluding tert-OH is 8. The van der Waals surface area contributed by atoms with Gasteiger partial charge in [0.05, 0.1) is 48.8 Å². The molecule has 0 bridgehead atoms. The molecule has 316 valence electrons. The predicted molar refractivity (Wildman–Crippen MR) is 194 cm³/mol. The van der Waals surface area contributed by atoms with E-state index in [1.807, 2.05) is 0 Å². The average Bonchev–Trinajstić information content (AvgIpc) is 3.45. The smallest absolute Gasteiger partial charge is 0.187 e. The van der Waals surface area contributed by atoms with E-state index in [0.29, 0.717) is 19.3 Å². The monoisotopic (exact) mass is 784 g/mol. The summed E-state index contributed by atoms with van der Waals surface area (Å²) in [6.45, 7) is 13.8. The SMILES string of the molecule is CC(C)(O)[C@@H]1CC[C@](C)([C@H]2[C@@H](O)C[C@@]3(C)[C@@H]4C[C@H](O)[C@H]5C(C)(C)[C@@H](O[C@@H]6OC[C@@H](O)[C@@H](O)[C@H]6O[C@@H]6O[C@H](CO)[C@H](O)[C@H](O)[C@H]6O)CC[C@@]56C[C@@]46CC[C@]23C)O1. The van der Waals surface area contributed by atoms with Gasteiger partial charge >= 0.3 is 0 Å². The van der Waals surface area contributed by atoms with Crippen LogP contribution in [0.25, 0.3) is 0 Å². The third kappa shape index (κ3) is 5.70. The minimum atomic E-state index is -1.72. The summed E-state index contributed by atoms with van der Waals surface area (Å²) >= 11 is 0. The first-order valence-corrected chi connectivity index (χ1v) is 20.9. The van der Waals surface area contributed by atoms with E-state index in [1.54, 1.807) is 13.8 Å². The summed E-state index contributed by atoms with van der Waals surface area (Å²) in [6.07, 6.45) is -7.87. The van der Waals surface area contributed by atoms with E-state index in [4.69, 9.17) is 23.7 Å². The standard InChI is InChI=1S/C41H68O14/c1-35(2)24(53-34-30(26(46)21(45)17-51-34)54-33-29(49)28(48)27(47)22(16-42)52-33)9-11-41-18-40(41)13-12-37(5)32(39(7)10-8-25(55-39)36(3,4)50)20(44)15-38(37,6)23(40)14-19(43)31(35)41/h19-34,42-50H,8-18H2,1-7H3/t19-,20-,21+,22+,23-,24-,25-,26+,27-,28-,29+,30+,31-,32-,33-,34-,37+,38-,39+,40-,41+/m0/s1. The molecule has 14 heteroatoms. The van der Waals surface area contributed by atoms with Crippen molar-refractivity contribution in [3.05, 3.63) is 0 Å². The summed E-state index contributed by atoms with van der Waals surface area (Å²) in [4.78, 5) is 0. The van der Waals surface area contributed by atoms with Gasteiger partial charge in [0.25, 0.3) is 0 Å². The van der Waals surface area contributed by atoms with E-state index < -0.39 is 96.8 Å². The van der Waals surface area contributed by atoms with Crippen LogP contribution in [-0.2, 0) is 23.7 Å². The van der Waals surface area contributed by atoms with Crippen molar-refractivity contribution in [1.29, 1.82) is 0 Å². The van der Waals surface area contributed by atoms with Gasteiger partial charge in [-0.3, -0.25) is 0 Å². The quantitative estimate of drug-likeness (QED) is 0.162. The van der Waals surface area contributed by atoms with Crippen molar-refractivity contribution < 1.29 is 69.6 Å². The number of fused-ring (bicyclic) bond motifs is 2. The second kappa shape index (κ2) is 13.2. The van der Waals surface area contributed by atoms with Crippen molar-refractivity contribution in [1.82, 2.24) is 0 Å². The lowest BCUT2D eigenvalue weighted by Crippen LogP contribution is -2.64. The molecule has 8 aliphatic rings. The fourth-order valence-electron chi connectivity index (χ4n) is 14.9. The predicted octanol–water partition coefficient (Wildman–Crippen LogP) is 0.724. The van der Waals surface area contributed by atoms with E-state index >= 15 is 0 Å². The topological polar surface area (TPSA) is 228 Å². The zero-order valence-corrected chi connectivity index (χ0v) is 33.6. The number of hydrogen-bond acceptors (Lipinski definition) is 14. The van der Waals surface area contributed by atoms with Crippen LogP contribution in [0.15, 0.2) is 0 Å². The average molecular weight is 785 g/mol. The Hall–Kier alpha value is -0.560. The van der Waals surface area contributed by atoms with Crippen molar-refractivity contribution in [2.75, 3.05) is 13.2 Å². The van der Waals surface area contributed by atoms with E-state index in [9.17, 15) is 46.0 Å². The second-order valence-electron chi connectivity index (χ2n) is 21.1. The lowest BCUT2D eigenvalue weighted by molar-refractivity contribution is -0.366. The van der Waals surface area contributed by atoms with Gasteiger partial charge in [0, 0.05) is 5.92 Å². The fourth-order valence-corrected chi connectivity index (χ4v) is 14.9. The highest BCUT2D eigenvalue weighted by molar-refractivity contribution is 5.33. The van der Waals surface area contributed by atoms with Crippen LogP contribution >= 0.6 is 0 Å². The van der Waals surface area contributed by atoms with E-state index in [1.165, 1.54) is 0 Å². The fraction of sp³-hybridized carbons (Fsp3) is 1.00. The molecular formula is C41H68O14. The summed E-state index contributed by atoms with van der Waals surface area (Å²) in [5.74, 6) is 0.0159. The van der Waals surface area contributed by atoms with Crippen LogP contribution < -0.4 is 0 Å². The van der Waals surface area contributed by atoms with Crippen molar-refractivity contribution in [3.8, 4) is 0 Å². The van der Waals surface area contributed by atoms with Gasteiger partial charge in [0.2, 0.25) is 0 Å². The van der Waals surface area contributed by atoms with Crippen LogP contribution in [0.1, 0.15) is 106 Å². The summed E-state index contributed by atoms with van der Waals surface area (Å²) in [5.41, 5.74) is -2.64. The van der Waals surface area contributed by atoms with Gasteiger partial charge in [0.1, 0.15) is 42.7 Å². The zero-order chi connectivity index (χ0) is 40.1. The highest BCUT2D eigenvalue weighted by Gasteiger charge is 2.85. The Balaban J connectivity index is 1.02. The largest absolute Gasteiger partial charge is 0.394 e. The third-order valence-electron chi connectivity index (χ3n) is 17.6. The molecule has 0 radical (unpaired) electrons. The Morgan fingerprint density at radius 3 is 2.07 bits per heavy atom. The highest BCUT2D eigenvalue weighted by Crippen LogP contribution is 2.89. The van der Waals surface area contributed by atoms with Crippen LogP contribution in [0.2, 0.25) is 0 Å². The van der Waals surface area contributed by atoms with Gasteiger partial charge in [-0.25, -0.2) is 0 Å². The number of hydrogen-bond donors (Lipinski definition) is 9. The minimum absolute atomic E-state index is 0.0193. The Labute approximate surface area is 324 Å². The molecule has 55 heavy (non-hydrogen) atoms. The van der Waals surface area contributed by atoms with Gasteiger partial charge in [-0.05, 0) is 117 Å². The number of rotatable bonds is 7. The van der Waals surface area contributed by atoms with Crippen LogP contribution in [0.4, 0.5) is 0 Å². The maximum absolute atomic E-state index is 12.4. The molecule has 21 atom stereocenters. The third-order valence-corrected chi connectivity index (χ3v) is 17.6.